The summed E-state index contributed by atoms with van der Waals surface area (Å²) in [6, 6.07) is -0.763. The Balaban J connectivity index is 2.62. The molecular weight excluding hydrogens is 158 g/mol. The highest BCUT2D eigenvalue weighted by Crippen LogP contribution is 2.32. The predicted octanol–water partition coefficient (Wildman–Crippen LogP) is 0.215. The van der Waals surface area contributed by atoms with Gasteiger partial charge in [-0.1, -0.05) is 6.92 Å². The van der Waals surface area contributed by atoms with Crippen molar-refractivity contribution in [3.63, 3.8) is 0 Å². The van der Waals surface area contributed by atoms with E-state index in [9.17, 15) is 4.79 Å². The van der Waals surface area contributed by atoms with Crippen LogP contribution in [0.4, 0.5) is 0 Å². The van der Waals surface area contributed by atoms with Crippen LogP contribution < -0.4 is 5.73 Å². The fourth-order valence-electron chi connectivity index (χ4n) is 1.45. The second-order valence-corrected chi connectivity index (χ2v) is 3.58. The molecule has 0 spiro atoms. The standard InChI is InChI=1S/C8H15NO3/c1-8(6(9)7(10)11)2-4-12-5-3-8/h6H,2-5,9H2,1H3,(H,10,11)/t6-/m1/s1. The summed E-state index contributed by atoms with van der Waals surface area (Å²) in [4.78, 5) is 10.6. The first kappa shape index (κ1) is 9.48. The molecular formula is C8H15NO3. The van der Waals surface area contributed by atoms with Crippen LogP contribution in [0.2, 0.25) is 0 Å². The third kappa shape index (κ3) is 1.76. The van der Waals surface area contributed by atoms with Crippen LogP contribution in [0.25, 0.3) is 0 Å². The molecule has 1 atom stereocenters. The first-order valence-corrected chi connectivity index (χ1v) is 4.12. The smallest absolute Gasteiger partial charge is 0.321 e. The minimum absolute atomic E-state index is 0.288. The summed E-state index contributed by atoms with van der Waals surface area (Å²) in [7, 11) is 0. The van der Waals surface area contributed by atoms with Gasteiger partial charge in [-0.2, -0.15) is 0 Å². The molecule has 1 aliphatic rings. The van der Waals surface area contributed by atoms with E-state index in [1.807, 2.05) is 6.92 Å². The Morgan fingerprint density at radius 1 is 1.58 bits per heavy atom. The normalized spacial score (nSPS) is 24.8. The number of carboxylic acid groups (broad SMARTS) is 1. The summed E-state index contributed by atoms with van der Waals surface area (Å²) in [6.07, 6.45) is 1.47. The third-order valence-corrected chi connectivity index (χ3v) is 2.65. The van der Waals surface area contributed by atoms with Crippen molar-refractivity contribution in [2.24, 2.45) is 11.1 Å². The van der Waals surface area contributed by atoms with Gasteiger partial charge in [0.15, 0.2) is 0 Å². The highest BCUT2D eigenvalue weighted by atomic mass is 16.5. The second kappa shape index (κ2) is 3.41. The number of ether oxygens (including phenoxy) is 1. The van der Waals surface area contributed by atoms with Crippen LogP contribution in [0.3, 0.4) is 0 Å². The highest BCUT2D eigenvalue weighted by molar-refractivity contribution is 5.74. The van der Waals surface area contributed by atoms with Crippen LogP contribution in [0, 0.1) is 5.41 Å². The molecule has 0 unspecified atom stereocenters. The summed E-state index contributed by atoms with van der Waals surface area (Å²) in [5, 5.41) is 8.73. The van der Waals surface area contributed by atoms with Gasteiger partial charge in [-0.05, 0) is 18.3 Å². The lowest BCUT2D eigenvalue weighted by molar-refractivity contribution is -0.143. The van der Waals surface area contributed by atoms with E-state index in [0.29, 0.717) is 13.2 Å². The fourth-order valence-corrected chi connectivity index (χ4v) is 1.45. The predicted molar refractivity (Wildman–Crippen MR) is 43.8 cm³/mol. The van der Waals surface area contributed by atoms with Gasteiger partial charge >= 0.3 is 5.97 Å². The first-order chi connectivity index (χ1) is 5.56. The van der Waals surface area contributed by atoms with E-state index >= 15 is 0 Å². The van der Waals surface area contributed by atoms with Gasteiger partial charge in [0.2, 0.25) is 0 Å². The second-order valence-electron chi connectivity index (χ2n) is 3.58. The third-order valence-electron chi connectivity index (χ3n) is 2.65. The lowest BCUT2D eigenvalue weighted by atomic mass is 9.76. The van der Waals surface area contributed by atoms with Crippen molar-refractivity contribution < 1.29 is 14.6 Å². The van der Waals surface area contributed by atoms with Gasteiger partial charge < -0.3 is 15.6 Å². The van der Waals surface area contributed by atoms with Crippen LogP contribution in [0.1, 0.15) is 19.8 Å². The Kier molecular flexibility index (Phi) is 2.69. The molecule has 0 aromatic carbocycles. The Hall–Kier alpha value is -0.610. The molecule has 4 nitrogen and oxygen atoms in total. The zero-order valence-corrected chi connectivity index (χ0v) is 7.25. The van der Waals surface area contributed by atoms with Crippen molar-refractivity contribution in [2.45, 2.75) is 25.8 Å². The van der Waals surface area contributed by atoms with Crippen LogP contribution in [-0.4, -0.2) is 30.3 Å². The zero-order chi connectivity index (χ0) is 9.19. The largest absolute Gasteiger partial charge is 0.480 e. The van der Waals surface area contributed by atoms with Crippen molar-refractivity contribution in [1.82, 2.24) is 0 Å². The summed E-state index contributed by atoms with van der Waals surface area (Å²) >= 11 is 0. The van der Waals surface area contributed by atoms with Gasteiger partial charge in [-0.25, -0.2) is 0 Å². The average molecular weight is 173 g/mol. The van der Waals surface area contributed by atoms with Crippen LogP contribution in [0.5, 0.6) is 0 Å². The lowest BCUT2D eigenvalue weighted by Gasteiger charge is -2.36. The summed E-state index contributed by atoms with van der Waals surface area (Å²) < 4.78 is 5.15. The van der Waals surface area contributed by atoms with Crippen LogP contribution >= 0.6 is 0 Å². The zero-order valence-electron chi connectivity index (χ0n) is 7.25. The first-order valence-electron chi connectivity index (χ1n) is 4.12. The number of rotatable bonds is 2. The van der Waals surface area contributed by atoms with Gasteiger partial charge in [-0.3, -0.25) is 4.79 Å². The Morgan fingerprint density at radius 3 is 2.50 bits per heavy atom. The molecule has 1 saturated heterocycles. The lowest BCUT2D eigenvalue weighted by Crippen LogP contribution is -2.48. The molecule has 12 heavy (non-hydrogen) atoms. The van der Waals surface area contributed by atoms with Crippen LogP contribution in [-0.2, 0) is 9.53 Å². The molecule has 1 heterocycles. The SMILES string of the molecule is CC1([C@H](N)C(=O)O)CCOCC1. The molecule has 0 aromatic rings. The number of hydrogen-bond acceptors (Lipinski definition) is 3. The summed E-state index contributed by atoms with van der Waals surface area (Å²) in [5.41, 5.74) is 5.28. The molecule has 0 saturated carbocycles. The van der Waals surface area contributed by atoms with E-state index in [0.717, 1.165) is 12.8 Å². The minimum Gasteiger partial charge on any atom is -0.480 e. The van der Waals surface area contributed by atoms with Gasteiger partial charge in [-0.15, -0.1) is 0 Å². The Bertz CT molecular complexity index is 175. The molecule has 3 N–H and O–H groups in total. The quantitative estimate of drug-likeness (QED) is 0.626. The topological polar surface area (TPSA) is 72.6 Å². The number of carbonyl (C=O) groups is 1. The van der Waals surface area contributed by atoms with E-state index in [2.05, 4.69) is 0 Å². The molecule has 0 radical (unpaired) electrons. The molecule has 70 valence electrons. The summed E-state index contributed by atoms with van der Waals surface area (Å²) in [5.74, 6) is -0.917. The van der Waals surface area contributed by atoms with Gasteiger partial charge in [0.05, 0.1) is 0 Å². The maximum atomic E-state index is 10.6. The molecule has 1 rings (SSSR count). The summed E-state index contributed by atoms with van der Waals surface area (Å²) in [6.45, 7) is 3.16. The number of aliphatic carboxylic acids is 1. The van der Waals surface area contributed by atoms with Crippen molar-refractivity contribution >= 4 is 5.97 Å². The van der Waals surface area contributed by atoms with Crippen molar-refractivity contribution in [2.75, 3.05) is 13.2 Å². The van der Waals surface area contributed by atoms with Gasteiger partial charge in [0.25, 0.3) is 0 Å². The molecule has 1 fully saturated rings. The van der Waals surface area contributed by atoms with Gasteiger partial charge in [0.1, 0.15) is 6.04 Å². The molecule has 0 amide bonds. The molecule has 0 aromatic heterocycles. The van der Waals surface area contributed by atoms with E-state index in [1.54, 1.807) is 0 Å². The maximum Gasteiger partial charge on any atom is 0.321 e. The van der Waals surface area contributed by atoms with E-state index in [-0.39, 0.29) is 5.41 Å². The van der Waals surface area contributed by atoms with Crippen molar-refractivity contribution in [1.29, 1.82) is 0 Å². The Morgan fingerprint density at radius 2 is 2.08 bits per heavy atom. The fraction of sp³-hybridized carbons (Fsp3) is 0.875. The van der Waals surface area contributed by atoms with Gasteiger partial charge in [0, 0.05) is 13.2 Å². The Labute approximate surface area is 71.7 Å². The number of carboxylic acids is 1. The number of nitrogens with two attached hydrogens (primary N) is 1. The number of hydrogen-bond donors (Lipinski definition) is 2. The van der Waals surface area contributed by atoms with Crippen molar-refractivity contribution in [3.8, 4) is 0 Å². The maximum absolute atomic E-state index is 10.6. The molecule has 0 bridgehead atoms. The average Bonchev–Trinajstić information content (AvgIpc) is 2.04. The molecule has 0 aliphatic carbocycles. The van der Waals surface area contributed by atoms with E-state index in [4.69, 9.17) is 15.6 Å². The molecule has 4 heteroatoms. The minimum atomic E-state index is -0.917. The molecule has 1 aliphatic heterocycles. The highest BCUT2D eigenvalue weighted by Gasteiger charge is 2.37. The van der Waals surface area contributed by atoms with E-state index < -0.39 is 12.0 Å². The van der Waals surface area contributed by atoms with E-state index in [1.165, 1.54) is 0 Å². The van der Waals surface area contributed by atoms with Crippen LogP contribution in [0.15, 0.2) is 0 Å². The van der Waals surface area contributed by atoms with Crippen molar-refractivity contribution in [3.05, 3.63) is 0 Å². The monoisotopic (exact) mass is 173 g/mol.